The molecule has 8 aromatic carbocycles. The van der Waals surface area contributed by atoms with Gasteiger partial charge in [0.15, 0.2) is 11.5 Å². The van der Waals surface area contributed by atoms with Crippen LogP contribution in [0, 0.1) is 6.57 Å². The van der Waals surface area contributed by atoms with Gasteiger partial charge in [0, 0.05) is 44.4 Å². The molecule has 0 aliphatic rings. The lowest BCUT2D eigenvalue weighted by Crippen LogP contribution is -2.02. The van der Waals surface area contributed by atoms with Crippen LogP contribution in [0.3, 0.4) is 0 Å². The molecule has 5 heteroatoms. The van der Waals surface area contributed by atoms with Crippen LogP contribution in [0.2, 0.25) is 0 Å². The third-order valence-electron chi connectivity index (χ3n) is 11.2. The third kappa shape index (κ3) is 5.55. The van der Waals surface area contributed by atoms with Crippen LogP contribution in [0.15, 0.2) is 200 Å². The zero-order valence-corrected chi connectivity index (χ0v) is 31.3. The summed E-state index contributed by atoms with van der Waals surface area (Å²) in [6.45, 7) is 7.31. The van der Waals surface area contributed by atoms with Gasteiger partial charge in [-0.15, -0.1) is 0 Å². The number of hydrogen-bond donors (Lipinski definition) is 0. The smallest absolute Gasteiger partial charge is 0.187 e. The van der Waals surface area contributed by atoms with E-state index in [0.29, 0.717) is 11.5 Å². The molecule has 3 heterocycles. The van der Waals surface area contributed by atoms with Crippen LogP contribution in [0.4, 0.5) is 5.69 Å². The van der Waals surface area contributed by atoms with Gasteiger partial charge in [0.05, 0.1) is 34.3 Å². The summed E-state index contributed by atoms with van der Waals surface area (Å²) in [7, 11) is 0. The van der Waals surface area contributed by atoms with Crippen LogP contribution in [0.25, 0.3) is 105 Å². The van der Waals surface area contributed by atoms with E-state index in [2.05, 4.69) is 172 Å². The van der Waals surface area contributed by atoms with E-state index in [1.54, 1.807) is 0 Å². The molecule has 0 aliphatic heterocycles. The highest BCUT2D eigenvalue weighted by atomic mass is 15.1. The standard InChI is InChI=1S/C53H33N5/c1-54-41-28-24-36(25-29-41)35-20-22-38(23-21-35)53-55-47(37-12-4-2-5-13-37)34-52(56-53)58-49-19-11-8-16-43(49)45-30-26-40(33-51(45)58)39-27-31-50-46(32-39)44-17-9-10-18-48(44)57(50)42-14-6-3-7-15-42/h2-34H. The van der Waals surface area contributed by atoms with Crippen molar-refractivity contribution in [3.05, 3.63) is 212 Å². The van der Waals surface area contributed by atoms with Crippen molar-refractivity contribution < 1.29 is 0 Å². The van der Waals surface area contributed by atoms with Gasteiger partial charge in [-0.1, -0.05) is 152 Å². The van der Waals surface area contributed by atoms with Crippen molar-refractivity contribution in [3.63, 3.8) is 0 Å². The Morgan fingerprint density at radius 3 is 1.62 bits per heavy atom. The van der Waals surface area contributed by atoms with Gasteiger partial charge in [0.25, 0.3) is 0 Å². The Hall–Kier alpha value is -8.07. The molecule has 0 N–H and O–H groups in total. The second-order valence-corrected chi connectivity index (χ2v) is 14.5. The molecule has 270 valence electrons. The minimum atomic E-state index is 0.629. The van der Waals surface area contributed by atoms with E-state index in [9.17, 15) is 0 Å². The van der Waals surface area contributed by atoms with Crippen LogP contribution < -0.4 is 0 Å². The zero-order valence-electron chi connectivity index (χ0n) is 31.3. The molecule has 5 nitrogen and oxygen atoms in total. The number of hydrogen-bond acceptors (Lipinski definition) is 2. The lowest BCUT2D eigenvalue weighted by atomic mass is 10.0. The van der Waals surface area contributed by atoms with Crippen LogP contribution in [0.1, 0.15) is 0 Å². The van der Waals surface area contributed by atoms with Crippen molar-refractivity contribution >= 4 is 49.3 Å². The Bertz CT molecular complexity index is 3370. The van der Waals surface area contributed by atoms with Crippen molar-refractivity contribution in [2.24, 2.45) is 0 Å². The van der Waals surface area contributed by atoms with Crippen molar-refractivity contribution in [2.45, 2.75) is 0 Å². The minimum Gasteiger partial charge on any atom is -0.309 e. The van der Waals surface area contributed by atoms with E-state index >= 15 is 0 Å². The van der Waals surface area contributed by atoms with Crippen LogP contribution in [0.5, 0.6) is 0 Å². The first-order chi connectivity index (χ1) is 28.7. The van der Waals surface area contributed by atoms with Gasteiger partial charge >= 0.3 is 0 Å². The fraction of sp³-hybridized carbons (Fsp3) is 0. The molecule has 11 aromatic rings. The molecule has 0 bridgehead atoms. The third-order valence-corrected chi connectivity index (χ3v) is 11.2. The van der Waals surface area contributed by atoms with Gasteiger partial charge in [-0.25, -0.2) is 14.8 Å². The van der Waals surface area contributed by atoms with Crippen molar-refractivity contribution in [3.8, 4) is 56.4 Å². The molecule has 0 aliphatic carbocycles. The largest absolute Gasteiger partial charge is 0.309 e. The van der Waals surface area contributed by atoms with Gasteiger partial charge in [0.1, 0.15) is 5.82 Å². The summed E-state index contributed by atoms with van der Waals surface area (Å²) in [4.78, 5) is 14.0. The molecule has 0 saturated heterocycles. The number of rotatable bonds is 6. The first-order valence-corrected chi connectivity index (χ1v) is 19.4. The van der Waals surface area contributed by atoms with E-state index < -0.39 is 0 Å². The monoisotopic (exact) mass is 739 g/mol. The number of aromatic nitrogens is 4. The molecule has 58 heavy (non-hydrogen) atoms. The maximum atomic E-state index is 7.31. The maximum absolute atomic E-state index is 7.31. The van der Waals surface area contributed by atoms with Gasteiger partial charge in [0.2, 0.25) is 0 Å². The number of fused-ring (bicyclic) bond motifs is 6. The molecule has 0 unspecified atom stereocenters. The summed E-state index contributed by atoms with van der Waals surface area (Å²) < 4.78 is 4.65. The number of para-hydroxylation sites is 3. The Morgan fingerprint density at radius 2 is 0.897 bits per heavy atom. The summed E-state index contributed by atoms with van der Waals surface area (Å²) in [6.07, 6.45) is 0. The number of benzene rings is 8. The predicted molar refractivity (Wildman–Crippen MR) is 239 cm³/mol. The zero-order chi connectivity index (χ0) is 38.6. The first kappa shape index (κ1) is 33.3. The molecule has 0 spiro atoms. The first-order valence-electron chi connectivity index (χ1n) is 19.4. The second kappa shape index (κ2) is 13.6. The lowest BCUT2D eigenvalue weighted by molar-refractivity contribution is 1.05. The Balaban J connectivity index is 1.09. The van der Waals surface area contributed by atoms with E-state index in [4.69, 9.17) is 16.5 Å². The SMILES string of the molecule is [C-]#[N+]c1ccc(-c2ccc(-c3nc(-c4ccccc4)cc(-n4c5ccccc5c5ccc(-c6ccc7c(c6)c6ccccc6n7-c6ccccc6)cc54)n3)cc2)cc1. The molecular weight excluding hydrogens is 707 g/mol. The average Bonchev–Trinajstić information content (AvgIpc) is 3.82. The quantitative estimate of drug-likeness (QED) is 0.159. The molecule has 0 atom stereocenters. The molecule has 0 radical (unpaired) electrons. The van der Waals surface area contributed by atoms with Crippen LogP contribution in [-0.2, 0) is 0 Å². The summed E-state index contributed by atoms with van der Waals surface area (Å²) in [6, 6.07) is 70.0. The summed E-state index contributed by atoms with van der Waals surface area (Å²) in [5.41, 5.74) is 13.5. The Labute approximate surface area is 335 Å². The Morgan fingerprint density at radius 1 is 0.362 bits per heavy atom. The highest BCUT2D eigenvalue weighted by Gasteiger charge is 2.19. The van der Waals surface area contributed by atoms with Crippen molar-refractivity contribution in [1.29, 1.82) is 0 Å². The van der Waals surface area contributed by atoms with E-state index in [1.165, 1.54) is 27.2 Å². The normalized spacial score (nSPS) is 11.4. The lowest BCUT2D eigenvalue weighted by Gasteiger charge is -2.13. The molecular formula is C53H33N5. The average molecular weight is 740 g/mol. The predicted octanol–water partition coefficient (Wildman–Crippen LogP) is 13.9. The van der Waals surface area contributed by atoms with Gasteiger partial charge in [-0.3, -0.25) is 4.57 Å². The summed E-state index contributed by atoms with van der Waals surface area (Å²) >= 11 is 0. The second-order valence-electron chi connectivity index (χ2n) is 14.5. The van der Waals surface area contributed by atoms with E-state index in [1.807, 2.05) is 42.5 Å². The summed E-state index contributed by atoms with van der Waals surface area (Å²) in [5.74, 6) is 1.45. The van der Waals surface area contributed by atoms with Crippen molar-refractivity contribution in [2.75, 3.05) is 0 Å². The maximum Gasteiger partial charge on any atom is 0.187 e. The van der Waals surface area contributed by atoms with Gasteiger partial charge in [-0.05, 0) is 64.7 Å². The van der Waals surface area contributed by atoms with Gasteiger partial charge < -0.3 is 4.57 Å². The van der Waals surface area contributed by atoms with E-state index in [0.717, 1.165) is 67.0 Å². The van der Waals surface area contributed by atoms with E-state index in [-0.39, 0.29) is 0 Å². The van der Waals surface area contributed by atoms with Crippen LogP contribution in [-0.4, -0.2) is 19.1 Å². The van der Waals surface area contributed by atoms with Gasteiger partial charge in [-0.2, -0.15) is 0 Å². The molecule has 3 aromatic heterocycles. The van der Waals surface area contributed by atoms with Crippen molar-refractivity contribution in [1.82, 2.24) is 19.1 Å². The topological polar surface area (TPSA) is 40.0 Å². The fourth-order valence-electron chi connectivity index (χ4n) is 8.38. The molecule has 11 rings (SSSR count). The minimum absolute atomic E-state index is 0.629. The highest BCUT2D eigenvalue weighted by molar-refractivity contribution is 6.12. The summed E-state index contributed by atoms with van der Waals surface area (Å²) in [5, 5.41) is 4.78. The molecule has 0 fully saturated rings. The highest BCUT2D eigenvalue weighted by Crippen LogP contribution is 2.39. The fourth-order valence-corrected chi connectivity index (χ4v) is 8.38. The van der Waals surface area contributed by atoms with Crippen LogP contribution >= 0.6 is 0 Å². The molecule has 0 saturated carbocycles. The number of nitrogens with zero attached hydrogens (tertiary/aromatic N) is 5. The Kier molecular flexibility index (Phi) is 7.80. The molecule has 0 amide bonds.